The molecule has 4 heteroatoms. The Morgan fingerprint density at radius 3 is 2.79 bits per heavy atom. The molecule has 19 heavy (non-hydrogen) atoms. The van der Waals surface area contributed by atoms with E-state index in [1.807, 2.05) is 6.92 Å². The van der Waals surface area contributed by atoms with Gasteiger partial charge in [0.25, 0.3) is 0 Å². The van der Waals surface area contributed by atoms with E-state index in [2.05, 4.69) is 46.5 Å². The quantitative estimate of drug-likeness (QED) is 0.847. The zero-order valence-corrected chi connectivity index (χ0v) is 12.0. The van der Waals surface area contributed by atoms with E-state index in [0.717, 1.165) is 31.0 Å². The van der Waals surface area contributed by atoms with Gasteiger partial charge in [0.1, 0.15) is 16.8 Å². The summed E-state index contributed by atoms with van der Waals surface area (Å²) < 4.78 is 0. The maximum Gasteiger partial charge on any atom is 0.134 e. The first-order chi connectivity index (χ1) is 9.17. The van der Waals surface area contributed by atoms with Gasteiger partial charge in [0.15, 0.2) is 0 Å². The second-order valence-electron chi connectivity index (χ2n) is 4.51. The number of hydrogen-bond donors (Lipinski definition) is 1. The molecule has 0 atom stereocenters. The molecule has 0 aliphatic rings. The summed E-state index contributed by atoms with van der Waals surface area (Å²) in [5.74, 6) is 1.56. The standard InChI is InChI=1S/C15H18ClN3/c1-3-14-18-13(16)10-15(19-14)17-8-7-12-6-4-5-11(2)9-12/h4-6,9-10H,3,7-8H2,1-2H3,(H,17,18,19). The molecule has 1 aromatic carbocycles. The number of anilines is 1. The van der Waals surface area contributed by atoms with E-state index in [1.165, 1.54) is 11.1 Å². The van der Waals surface area contributed by atoms with Crippen LogP contribution in [0.5, 0.6) is 0 Å². The second-order valence-corrected chi connectivity index (χ2v) is 4.90. The average molecular weight is 276 g/mol. The summed E-state index contributed by atoms with van der Waals surface area (Å²) in [4.78, 5) is 8.54. The first-order valence-corrected chi connectivity index (χ1v) is 6.88. The van der Waals surface area contributed by atoms with E-state index in [0.29, 0.717) is 5.15 Å². The van der Waals surface area contributed by atoms with Gasteiger partial charge in [-0.25, -0.2) is 9.97 Å². The predicted molar refractivity (Wildman–Crippen MR) is 79.8 cm³/mol. The van der Waals surface area contributed by atoms with Gasteiger partial charge in [-0.3, -0.25) is 0 Å². The summed E-state index contributed by atoms with van der Waals surface area (Å²) in [6.45, 7) is 4.96. The van der Waals surface area contributed by atoms with Crippen molar-refractivity contribution < 1.29 is 0 Å². The van der Waals surface area contributed by atoms with Crippen LogP contribution in [0.15, 0.2) is 30.3 Å². The van der Waals surface area contributed by atoms with Gasteiger partial charge in [0.2, 0.25) is 0 Å². The summed E-state index contributed by atoms with van der Waals surface area (Å²) in [5.41, 5.74) is 2.61. The number of halogens is 1. The molecule has 1 N–H and O–H groups in total. The van der Waals surface area contributed by atoms with Crippen LogP contribution < -0.4 is 5.32 Å². The van der Waals surface area contributed by atoms with Gasteiger partial charge < -0.3 is 5.32 Å². The summed E-state index contributed by atoms with van der Waals surface area (Å²) in [6, 6.07) is 10.3. The van der Waals surface area contributed by atoms with Crippen LogP contribution in [0.4, 0.5) is 5.82 Å². The van der Waals surface area contributed by atoms with Gasteiger partial charge in [-0.1, -0.05) is 48.4 Å². The van der Waals surface area contributed by atoms with Gasteiger partial charge in [-0.15, -0.1) is 0 Å². The van der Waals surface area contributed by atoms with Crippen molar-refractivity contribution in [2.45, 2.75) is 26.7 Å². The Labute approximate surface area is 119 Å². The van der Waals surface area contributed by atoms with Crippen molar-refractivity contribution in [2.24, 2.45) is 0 Å². The minimum atomic E-state index is 0.491. The number of aromatic nitrogens is 2. The Bertz CT molecular complexity index is 555. The van der Waals surface area contributed by atoms with E-state index >= 15 is 0 Å². The monoisotopic (exact) mass is 275 g/mol. The molecule has 1 aromatic heterocycles. The van der Waals surface area contributed by atoms with E-state index in [-0.39, 0.29) is 0 Å². The molecule has 100 valence electrons. The molecule has 0 spiro atoms. The second kappa shape index (κ2) is 6.53. The topological polar surface area (TPSA) is 37.8 Å². The maximum atomic E-state index is 5.95. The molecule has 0 aliphatic heterocycles. The van der Waals surface area contributed by atoms with Crippen LogP contribution in [-0.4, -0.2) is 16.5 Å². The Morgan fingerprint density at radius 1 is 1.21 bits per heavy atom. The lowest BCUT2D eigenvalue weighted by Crippen LogP contribution is -2.08. The molecule has 1 heterocycles. The lowest BCUT2D eigenvalue weighted by atomic mass is 10.1. The highest BCUT2D eigenvalue weighted by atomic mass is 35.5. The first-order valence-electron chi connectivity index (χ1n) is 6.50. The Morgan fingerprint density at radius 2 is 2.05 bits per heavy atom. The number of hydrogen-bond acceptors (Lipinski definition) is 3. The average Bonchev–Trinajstić information content (AvgIpc) is 2.38. The smallest absolute Gasteiger partial charge is 0.134 e. The van der Waals surface area contributed by atoms with E-state index in [4.69, 9.17) is 11.6 Å². The number of nitrogens with zero attached hydrogens (tertiary/aromatic N) is 2. The molecule has 0 saturated heterocycles. The van der Waals surface area contributed by atoms with Crippen molar-refractivity contribution >= 4 is 17.4 Å². The molecule has 3 nitrogen and oxygen atoms in total. The van der Waals surface area contributed by atoms with E-state index < -0.39 is 0 Å². The lowest BCUT2D eigenvalue weighted by Gasteiger charge is -2.07. The Balaban J connectivity index is 1.94. The third kappa shape index (κ3) is 4.21. The minimum absolute atomic E-state index is 0.491. The van der Waals surface area contributed by atoms with Crippen LogP contribution in [0.25, 0.3) is 0 Å². The molecule has 0 fully saturated rings. The molecule has 0 aliphatic carbocycles. The van der Waals surface area contributed by atoms with E-state index in [1.54, 1.807) is 6.07 Å². The fourth-order valence-electron chi connectivity index (χ4n) is 1.92. The number of benzene rings is 1. The molecule has 0 bridgehead atoms. The van der Waals surface area contributed by atoms with Crippen molar-refractivity contribution in [1.82, 2.24) is 9.97 Å². The fraction of sp³-hybridized carbons (Fsp3) is 0.333. The normalized spacial score (nSPS) is 10.5. The number of nitrogens with one attached hydrogen (secondary N) is 1. The summed E-state index contributed by atoms with van der Waals surface area (Å²) in [6.07, 6.45) is 1.75. The molecule has 2 rings (SSSR count). The minimum Gasteiger partial charge on any atom is -0.370 e. The highest BCUT2D eigenvalue weighted by Gasteiger charge is 2.01. The van der Waals surface area contributed by atoms with Gasteiger partial charge in [-0.2, -0.15) is 0 Å². The van der Waals surface area contributed by atoms with Crippen LogP contribution in [-0.2, 0) is 12.8 Å². The zero-order chi connectivity index (χ0) is 13.7. The van der Waals surface area contributed by atoms with Crippen LogP contribution in [0.2, 0.25) is 5.15 Å². The van der Waals surface area contributed by atoms with Crippen molar-refractivity contribution in [2.75, 3.05) is 11.9 Å². The maximum absolute atomic E-state index is 5.95. The Hall–Kier alpha value is -1.61. The molecular weight excluding hydrogens is 258 g/mol. The van der Waals surface area contributed by atoms with Crippen LogP contribution >= 0.6 is 11.6 Å². The van der Waals surface area contributed by atoms with Crippen molar-refractivity contribution in [1.29, 1.82) is 0 Å². The first kappa shape index (κ1) is 13.8. The van der Waals surface area contributed by atoms with Crippen molar-refractivity contribution in [3.8, 4) is 0 Å². The van der Waals surface area contributed by atoms with Crippen LogP contribution in [0.3, 0.4) is 0 Å². The predicted octanol–water partition coefficient (Wildman–Crippen LogP) is 3.66. The van der Waals surface area contributed by atoms with Gasteiger partial charge in [0, 0.05) is 19.0 Å². The third-order valence-electron chi connectivity index (χ3n) is 2.86. The highest BCUT2D eigenvalue weighted by Crippen LogP contribution is 2.12. The van der Waals surface area contributed by atoms with Crippen LogP contribution in [0.1, 0.15) is 23.9 Å². The summed E-state index contributed by atoms with van der Waals surface area (Å²) in [7, 11) is 0. The molecule has 0 unspecified atom stereocenters. The fourth-order valence-corrected chi connectivity index (χ4v) is 2.12. The van der Waals surface area contributed by atoms with Crippen molar-refractivity contribution in [3.05, 3.63) is 52.4 Å². The molecular formula is C15H18ClN3. The highest BCUT2D eigenvalue weighted by molar-refractivity contribution is 6.29. The Kier molecular flexibility index (Phi) is 4.74. The third-order valence-corrected chi connectivity index (χ3v) is 3.05. The van der Waals surface area contributed by atoms with E-state index in [9.17, 15) is 0 Å². The van der Waals surface area contributed by atoms with Gasteiger partial charge in [0.05, 0.1) is 0 Å². The molecule has 0 saturated carbocycles. The largest absolute Gasteiger partial charge is 0.370 e. The summed E-state index contributed by atoms with van der Waals surface area (Å²) in [5, 5.41) is 3.78. The SMILES string of the molecule is CCc1nc(Cl)cc(NCCc2cccc(C)c2)n1. The molecule has 0 radical (unpaired) electrons. The van der Waals surface area contributed by atoms with Gasteiger partial charge in [-0.05, 0) is 18.9 Å². The summed E-state index contributed by atoms with van der Waals surface area (Å²) >= 11 is 5.95. The number of rotatable bonds is 5. The lowest BCUT2D eigenvalue weighted by molar-refractivity contribution is 0.925. The van der Waals surface area contributed by atoms with Crippen molar-refractivity contribution in [3.63, 3.8) is 0 Å². The van der Waals surface area contributed by atoms with Gasteiger partial charge >= 0.3 is 0 Å². The molecule has 0 amide bonds. The molecule has 2 aromatic rings. The zero-order valence-electron chi connectivity index (χ0n) is 11.3. The van der Waals surface area contributed by atoms with Crippen LogP contribution in [0, 0.1) is 6.92 Å². The number of aryl methyl sites for hydroxylation is 2.